The molecule has 84 valence electrons. The SMILES string of the molecule is CC(C)C(N)CC(=O)CCC(F)(F)F. The molecule has 0 fully saturated rings. The molecule has 0 bridgehead atoms. The van der Waals surface area contributed by atoms with E-state index in [2.05, 4.69) is 0 Å². The normalized spacial score (nSPS) is 14.5. The molecule has 2 N–H and O–H groups in total. The third kappa shape index (κ3) is 6.88. The summed E-state index contributed by atoms with van der Waals surface area (Å²) in [7, 11) is 0. The Hall–Kier alpha value is -0.580. The summed E-state index contributed by atoms with van der Waals surface area (Å²) in [6.07, 6.45) is -5.72. The van der Waals surface area contributed by atoms with Crippen molar-refractivity contribution in [1.29, 1.82) is 0 Å². The molecule has 0 aliphatic carbocycles. The number of alkyl halides is 3. The molecule has 0 rings (SSSR count). The summed E-state index contributed by atoms with van der Waals surface area (Å²) in [5.74, 6) is -0.298. The van der Waals surface area contributed by atoms with Gasteiger partial charge in [-0.3, -0.25) is 4.79 Å². The summed E-state index contributed by atoms with van der Waals surface area (Å²) in [5.41, 5.74) is 5.55. The van der Waals surface area contributed by atoms with E-state index in [0.29, 0.717) is 0 Å². The average molecular weight is 211 g/mol. The summed E-state index contributed by atoms with van der Waals surface area (Å²) >= 11 is 0. The Labute approximate surface area is 81.7 Å². The van der Waals surface area contributed by atoms with Crippen molar-refractivity contribution in [2.45, 2.75) is 45.3 Å². The Morgan fingerprint density at radius 3 is 2.21 bits per heavy atom. The number of hydrogen-bond acceptors (Lipinski definition) is 2. The van der Waals surface area contributed by atoms with Crippen molar-refractivity contribution in [2.24, 2.45) is 11.7 Å². The highest BCUT2D eigenvalue weighted by Gasteiger charge is 2.28. The van der Waals surface area contributed by atoms with Crippen LogP contribution in [0, 0.1) is 5.92 Å². The van der Waals surface area contributed by atoms with Crippen LogP contribution in [-0.4, -0.2) is 18.0 Å². The number of rotatable bonds is 5. The molecule has 1 atom stereocenters. The van der Waals surface area contributed by atoms with Crippen molar-refractivity contribution in [3.8, 4) is 0 Å². The monoisotopic (exact) mass is 211 g/mol. The van der Waals surface area contributed by atoms with Crippen LogP contribution in [0.3, 0.4) is 0 Å². The van der Waals surface area contributed by atoms with Gasteiger partial charge in [-0.15, -0.1) is 0 Å². The molecule has 0 aromatic rings. The van der Waals surface area contributed by atoms with Crippen molar-refractivity contribution in [3.05, 3.63) is 0 Å². The lowest BCUT2D eigenvalue weighted by Crippen LogP contribution is -2.29. The van der Waals surface area contributed by atoms with Gasteiger partial charge in [-0.2, -0.15) is 13.2 Å². The van der Waals surface area contributed by atoms with E-state index in [1.54, 1.807) is 0 Å². The zero-order chi connectivity index (χ0) is 11.4. The van der Waals surface area contributed by atoms with E-state index in [1.165, 1.54) is 0 Å². The summed E-state index contributed by atoms with van der Waals surface area (Å²) in [5, 5.41) is 0. The second-order valence-electron chi connectivity index (χ2n) is 3.77. The van der Waals surface area contributed by atoms with Crippen LogP contribution in [0.25, 0.3) is 0 Å². The molecule has 0 aromatic carbocycles. The predicted octanol–water partition coefficient (Wildman–Crippen LogP) is 2.27. The van der Waals surface area contributed by atoms with Gasteiger partial charge in [-0.1, -0.05) is 13.8 Å². The fourth-order valence-electron chi connectivity index (χ4n) is 0.882. The molecule has 0 amide bonds. The van der Waals surface area contributed by atoms with Crippen LogP contribution in [0.5, 0.6) is 0 Å². The van der Waals surface area contributed by atoms with E-state index >= 15 is 0 Å². The van der Waals surface area contributed by atoms with Gasteiger partial charge in [0.25, 0.3) is 0 Å². The first-order valence-corrected chi connectivity index (χ1v) is 4.56. The van der Waals surface area contributed by atoms with Gasteiger partial charge in [0, 0.05) is 18.9 Å². The summed E-state index contributed by atoms with van der Waals surface area (Å²) in [6.45, 7) is 3.67. The molecule has 0 heterocycles. The lowest BCUT2D eigenvalue weighted by Gasteiger charge is -2.14. The molecule has 0 aliphatic heterocycles. The lowest BCUT2D eigenvalue weighted by molar-refractivity contribution is -0.143. The Morgan fingerprint density at radius 2 is 1.86 bits per heavy atom. The topological polar surface area (TPSA) is 43.1 Å². The number of carbonyl (C=O) groups is 1. The fraction of sp³-hybridized carbons (Fsp3) is 0.889. The first-order valence-electron chi connectivity index (χ1n) is 4.56. The van der Waals surface area contributed by atoms with Crippen LogP contribution in [0.4, 0.5) is 13.2 Å². The molecule has 2 nitrogen and oxygen atoms in total. The molecule has 14 heavy (non-hydrogen) atoms. The van der Waals surface area contributed by atoms with Crippen molar-refractivity contribution in [3.63, 3.8) is 0 Å². The van der Waals surface area contributed by atoms with E-state index < -0.39 is 24.8 Å². The molecule has 0 saturated carbocycles. The van der Waals surface area contributed by atoms with Crippen LogP contribution in [0.2, 0.25) is 0 Å². The molecule has 0 aromatic heterocycles. The minimum atomic E-state index is -4.25. The smallest absolute Gasteiger partial charge is 0.327 e. The molecule has 1 unspecified atom stereocenters. The second kappa shape index (κ2) is 5.34. The van der Waals surface area contributed by atoms with E-state index in [1.807, 2.05) is 13.8 Å². The van der Waals surface area contributed by atoms with Crippen LogP contribution >= 0.6 is 0 Å². The van der Waals surface area contributed by atoms with Gasteiger partial charge >= 0.3 is 6.18 Å². The minimum absolute atomic E-state index is 0.0355. The van der Waals surface area contributed by atoms with Gasteiger partial charge in [-0.25, -0.2) is 0 Å². The van der Waals surface area contributed by atoms with Crippen molar-refractivity contribution in [2.75, 3.05) is 0 Å². The number of hydrogen-bond donors (Lipinski definition) is 1. The maximum Gasteiger partial charge on any atom is 0.389 e. The van der Waals surface area contributed by atoms with E-state index in [-0.39, 0.29) is 18.4 Å². The van der Waals surface area contributed by atoms with Crippen LogP contribution < -0.4 is 5.73 Å². The quantitative estimate of drug-likeness (QED) is 0.758. The van der Waals surface area contributed by atoms with Gasteiger partial charge < -0.3 is 5.73 Å². The zero-order valence-corrected chi connectivity index (χ0v) is 8.40. The number of ketones is 1. The van der Waals surface area contributed by atoms with Crippen molar-refractivity contribution >= 4 is 5.78 Å². The predicted molar refractivity (Wildman–Crippen MR) is 47.7 cm³/mol. The highest BCUT2D eigenvalue weighted by molar-refractivity contribution is 5.79. The van der Waals surface area contributed by atoms with E-state index in [9.17, 15) is 18.0 Å². The first-order chi connectivity index (χ1) is 6.22. The van der Waals surface area contributed by atoms with Gasteiger partial charge in [0.2, 0.25) is 0 Å². The fourth-order valence-corrected chi connectivity index (χ4v) is 0.882. The molecule has 0 spiro atoms. The van der Waals surface area contributed by atoms with Gasteiger partial charge in [-0.05, 0) is 5.92 Å². The average Bonchev–Trinajstić information content (AvgIpc) is 1.99. The second-order valence-corrected chi connectivity index (χ2v) is 3.77. The van der Waals surface area contributed by atoms with Gasteiger partial charge in [0.05, 0.1) is 6.42 Å². The van der Waals surface area contributed by atoms with Crippen molar-refractivity contribution < 1.29 is 18.0 Å². The molecular weight excluding hydrogens is 195 g/mol. The lowest BCUT2D eigenvalue weighted by atomic mass is 9.98. The molecule has 0 saturated heterocycles. The Bertz CT molecular complexity index is 189. The number of carbonyl (C=O) groups excluding carboxylic acids is 1. The van der Waals surface area contributed by atoms with Crippen LogP contribution in [0.1, 0.15) is 33.1 Å². The standard InChI is InChI=1S/C9H16F3NO/c1-6(2)8(13)5-7(14)3-4-9(10,11)12/h6,8H,3-5,13H2,1-2H3. The minimum Gasteiger partial charge on any atom is -0.327 e. The number of nitrogens with two attached hydrogens (primary N) is 1. The highest BCUT2D eigenvalue weighted by Crippen LogP contribution is 2.22. The highest BCUT2D eigenvalue weighted by atomic mass is 19.4. The summed E-state index contributed by atoms with van der Waals surface area (Å²) in [4.78, 5) is 11.0. The number of halogens is 3. The largest absolute Gasteiger partial charge is 0.389 e. The van der Waals surface area contributed by atoms with Gasteiger partial charge in [0.15, 0.2) is 0 Å². The Morgan fingerprint density at radius 1 is 1.36 bits per heavy atom. The van der Waals surface area contributed by atoms with Crippen molar-refractivity contribution in [1.82, 2.24) is 0 Å². The molecule has 5 heteroatoms. The molecule has 0 aliphatic rings. The van der Waals surface area contributed by atoms with Crippen LogP contribution in [0.15, 0.2) is 0 Å². The molecule has 0 radical (unpaired) electrons. The zero-order valence-electron chi connectivity index (χ0n) is 8.40. The van der Waals surface area contributed by atoms with Crippen LogP contribution in [-0.2, 0) is 4.79 Å². The number of Topliss-reactive ketones (excluding diaryl/α,β-unsaturated/α-hetero) is 1. The first kappa shape index (κ1) is 13.4. The van der Waals surface area contributed by atoms with E-state index in [0.717, 1.165) is 0 Å². The summed E-state index contributed by atoms with van der Waals surface area (Å²) in [6, 6.07) is -0.337. The summed E-state index contributed by atoms with van der Waals surface area (Å²) < 4.78 is 35.2. The Kier molecular flexibility index (Phi) is 5.12. The maximum absolute atomic E-state index is 11.7. The molecular formula is C9H16F3NO. The third-order valence-electron chi connectivity index (χ3n) is 2.01. The van der Waals surface area contributed by atoms with E-state index in [4.69, 9.17) is 5.73 Å². The third-order valence-corrected chi connectivity index (χ3v) is 2.01. The maximum atomic E-state index is 11.7. The van der Waals surface area contributed by atoms with Gasteiger partial charge in [0.1, 0.15) is 5.78 Å². The Balaban J connectivity index is 3.77.